The van der Waals surface area contributed by atoms with Crippen molar-refractivity contribution in [2.45, 2.75) is 39.7 Å². The molecule has 1 aromatic heterocycles. The van der Waals surface area contributed by atoms with Gasteiger partial charge in [-0.1, -0.05) is 13.3 Å². The van der Waals surface area contributed by atoms with Crippen LogP contribution in [0.1, 0.15) is 32.3 Å². The van der Waals surface area contributed by atoms with Gasteiger partial charge < -0.3 is 11.1 Å². The zero-order valence-electron chi connectivity index (χ0n) is 9.17. The van der Waals surface area contributed by atoms with Crippen LogP contribution in [0, 0.1) is 6.92 Å². The van der Waals surface area contributed by atoms with Gasteiger partial charge in [-0.05, 0) is 31.9 Å². The van der Waals surface area contributed by atoms with E-state index in [0.29, 0.717) is 6.04 Å². The van der Waals surface area contributed by atoms with Gasteiger partial charge in [0.2, 0.25) is 0 Å². The molecule has 1 atom stereocenters. The van der Waals surface area contributed by atoms with Crippen molar-refractivity contribution in [1.29, 1.82) is 0 Å². The number of nitrogen functional groups attached to an aromatic ring is 1. The lowest BCUT2D eigenvalue weighted by molar-refractivity contribution is 0.687. The number of pyridine rings is 1. The van der Waals surface area contributed by atoms with Gasteiger partial charge in [0.25, 0.3) is 0 Å². The van der Waals surface area contributed by atoms with Crippen LogP contribution in [0.5, 0.6) is 0 Å². The number of aryl methyl sites for hydroxylation is 1. The molecular weight excluding hydrogens is 174 g/mol. The van der Waals surface area contributed by atoms with Gasteiger partial charge in [-0.2, -0.15) is 0 Å². The number of anilines is 2. The third-order valence-electron chi connectivity index (χ3n) is 2.20. The maximum atomic E-state index is 5.63. The second-order valence-corrected chi connectivity index (χ2v) is 3.77. The molecule has 1 heterocycles. The molecule has 3 heteroatoms. The molecule has 0 fully saturated rings. The summed E-state index contributed by atoms with van der Waals surface area (Å²) in [6.45, 7) is 6.37. The topological polar surface area (TPSA) is 50.9 Å². The van der Waals surface area contributed by atoms with Crippen molar-refractivity contribution in [3.63, 3.8) is 0 Å². The number of rotatable bonds is 4. The molecule has 0 radical (unpaired) electrons. The fourth-order valence-electron chi connectivity index (χ4n) is 1.49. The molecule has 0 saturated heterocycles. The second kappa shape index (κ2) is 4.84. The molecule has 3 N–H and O–H groups in total. The maximum absolute atomic E-state index is 5.63. The zero-order chi connectivity index (χ0) is 10.6. The fraction of sp³-hybridized carbons (Fsp3) is 0.545. The Morgan fingerprint density at radius 3 is 2.86 bits per heavy atom. The number of aromatic nitrogens is 1. The van der Waals surface area contributed by atoms with E-state index in [-0.39, 0.29) is 0 Å². The molecule has 1 rings (SSSR count). The highest BCUT2D eigenvalue weighted by molar-refractivity contribution is 5.51. The normalized spacial score (nSPS) is 12.5. The lowest BCUT2D eigenvalue weighted by Crippen LogP contribution is -2.16. The zero-order valence-corrected chi connectivity index (χ0v) is 9.17. The number of hydrogen-bond acceptors (Lipinski definition) is 3. The van der Waals surface area contributed by atoms with E-state index >= 15 is 0 Å². The Labute approximate surface area is 85.7 Å². The van der Waals surface area contributed by atoms with Crippen LogP contribution in [-0.2, 0) is 0 Å². The molecule has 0 aliphatic carbocycles. The average Bonchev–Trinajstić information content (AvgIpc) is 2.10. The Bertz CT molecular complexity index is 297. The van der Waals surface area contributed by atoms with E-state index in [4.69, 9.17) is 5.73 Å². The van der Waals surface area contributed by atoms with Crippen molar-refractivity contribution in [2.75, 3.05) is 11.1 Å². The first kappa shape index (κ1) is 10.8. The quantitative estimate of drug-likeness (QED) is 0.772. The fourth-order valence-corrected chi connectivity index (χ4v) is 1.49. The lowest BCUT2D eigenvalue weighted by Gasteiger charge is -2.15. The monoisotopic (exact) mass is 193 g/mol. The summed E-state index contributed by atoms with van der Waals surface area (Å²) in [4.78, 5) is 4.26. The number of nitrogens with zero attached hydrogens (tertiary/aromatic N) is 1. The predicted octanol–water partition coefficient (Wildman–Crippen LogP) is 2.57. The Morgan fingerprint density at radius 2 is 2.29 bits per heavy atom. The summed E-state index contributed by atoms with van der Waals surface area (Å²) in [5.74, 6) is 0.945. The van der Waals surface area contributed by atoms with E-state index in [0.717, 1.165) is 23.5 Å². The van der Waals surface area contributed by atoms with Crippen LogP contribution < -0.4 is 11.1 Å². The van der Waals surface area contributed by atoms with Crippen molar-refractivity contribution >= 4 is 11.5 Å². The van der Waals surface area contributed by atoms with E-state index in [1.807, 2.05) is 13.0 Å². The van der Waals surface area contributed by atoms with Gasteiger partial charge in [-0.25, -0.2) is 4.98 Å². The van der Waals surface area contributed by atoms with Crippen LogP contribution in [0.3, 0.4) is 0 Å². The van der Waals surface area contributed by atoms with Crippen molar-refractivity contribution in [2.24, 2.45) is 0 Å². The van der Waals surface area contributed by atoms with E-state index in [2.05, 4.69) is 24.1 Å². The maximum Gasteiger partial charge on any atom is 0.129 e. The molecule has 78 valence electrons. The highest BCUT2D eigenvalue weighted by Crippen LogP contribution is 2.15. The molecule has 0 aliphatic rings. The van der Waals surface area contributed by atoms with Crippen molar-refractivity contribution in [3.05, 3.63) is 17.8 Å². The third-order valence-corrected chi connectivity index (χ3v) is 2.20. The van der Waals surface area contributed by atoms with Gasteiger partial charge in [0.1, 0.15) is 5.82 Å². The first-order chi connectivity index (χ1) is 6.63. The van der Waals surface area contributed by atoms with Gasteiger partial charge in [-0.3, -0.25) is 0 Å². The second-order valence-electron chi connectivity index (χ2n) is 3.77. The SMILES string of the molecule is CCCC(C)Nc1ncc(N)cc1C. The molecular formula is C11H19N3. The number of nitrogens with one attached hydrogen (secondary N) is 1. The average molecular weight is 193 g/mol. The first-order valence-corrected chi connectivity index (χ1v) is 5.12. The standard InChI is InChI=1S/C11H19N3/c1-4-5-9(3)14-11-8(2)6-10(12)7-13-11/h6-7,9H,4-5,12H2,1-3H3,(H,13,14). The van der Waals surface area contributed by atoms with Crippen molar-refractivity contribution in [3.8, 4) is 0 Å². The summed E-state index contributed by atoms with van der Waals surface area (Å²) in [5.41, 5.74) is 7.45. The highest BCUT2D eigenvalue weighted by Gasteiger charge is 2.04. The largest absolute Gasteiger partial charge is 0.397 e. The smallest absolute Gasteiger partial charge is 0.129 e. The minimum absolute atomic E-state index is 0.467. The summed E-state index contributed by atoms with van der Waals surface area (Å²) < 4.78 is 0. The molecule has 1 unspecified atom stereocenters. The van der Waals surface area contributed by atoms with Crippen LogP contribution in [-0.4, -0.2) is 11.0 Å². The summed E-state index contributed by atoms with van der Waals surface area (Å²) in [6.07, 6.45) is 4.03. The van der Waals surface area contributed by atoms with Gasteiger partial charge in [0, 0.05) is 6.04 Å². The molecule has 0 spiro atoms. The highest BCUT2D eigenvalue weighted by atomic mass is 15.0. The minimum atomic E-state index is 0.467. The Kier molecular flexibility index (Phi) is 3.74. The molecule has 0 bridgehead atoms. The van der Waals surface area contributed by atoms with Crippen molar-refractivity contribution < 1.29 is 0 Å². The molecule has 0 aromatic carbocycles. The van der Waals surface area contributed by atoms with Crippen molar-refractivity contribution in [1.82, 2.24) is 4.98 Å². The van der Waals surface area contributed by atoms with Gasteiger partial charge in [0.15, 0.2) is 0 Å². The van der Waals surface area contributed by atoms with Gasteiger partial charge in [0.05, 0.1) is 11.9 Å². The van der Waals surface area contributed by atoms with Crippen LogP contribution in [0.25, 0.3) is 0 Å². The summed E-state index contributed by atoms with van der Waals surface area (Å²) in [6, 6.07) is 2.41. The molecule has 14 heavy (non-hydrogen) atoms. The van der Waals surface area contributed by atoms with Crippen LogP contribution in [0.4, 0.5) is 11.5 Å². The molecule has 0 amide bonds. The Morgan fingerprint density at radius 1 is 1.57 bits per heavy atom. The van der Waals surface area contributed by atoms with E-state index in [9.17, 15) is 0 Å². The molecule has 1 aromatic rings. The van der Waals surface area contributed by atoms with Gasteiger partial charge >= 0.3 is 0 Å². The number of nitrogens with two attached hydrogens (primary N) is 1. The molecule has 0 aliphatic heterocycles. The number of hydrogen-bond donors (Lipinski definition) is 2. The van der Waals surface area contributed by atoms with Crippen LogP contribution in [0.2, 0.25) is 0 Å². The molecule has 3 nitrogen and oxygen atoms in total. The molecule has 0 saturated carbocycles. The Hall–Kier alpha value is -1.25. The van der Waals surface area contributed by atoms with Crippen LogP contribution >= 0.6 is 0 Å². The predicted molar refractivity (Wildman–Crippen MR) is 61.4 cm³/mol. The summed E-state index contributed by atoms with van der Waals surface area (Å²) in [5, 5.41) is 3.37. The summed E-state index contributed by atoms with van der Waals surface area (Å²) >= 11 is 0. The van der Waals surface area contributed by atoms with Gasteiger partial charge in [-0.15, -0.1) is 0 Å². The lowest BCUT2D eigenvalue weighted by atomic mass is 10.2. The minimum Gasteiger partial charge on any atom is -0.397 e. The van der Waals surface area contributed by atoms with E-state index in [1.165, 1.54) is 6.42 Å². The van der Waals surface area contributed by atoms with E-state index < -0.39 is 0 Å². The Balaban J connectivity index is 2.67. The first-order valence-electron chi connectivity index (χ1n) is 5.12. The van der Waals surface area contributed by atoms with Crippen LogP contribution in [0.15, 0.2) is 12.3 Å². The summed E-state index contributed by atoms with van der Waals surface area (Å²) in [7, 11) is 0. The third kappa shape index (κ3) is 2.91. The van der Waals surface area contributed by atoms with E-state index in [1.54, 1.807) is 6.20 Å².